The summed E-state index contributed by atoms with van der Waals surface area (Å²) in [5.41, 5.74) is -2.02. The van der Waals surface area contributed by atoms with Crippen LogP contribution in [0.1, 0.15) is 57.6 Å². The van der Waals surface area contributed by atoms with E-state index in [9.17, 15) is 18.5 Å². The maximum atomic E-state index is 13.5. The van der Waals surface area contributed by atoms with Gasteiger partial charge in [0.2, 0.25) is 11.7 Å². The Morgan fingerprint density at radius 1 is 1.21 bits per heavy atom. The standard InChI is InChI=1S/C18H24FN2O7P/c1-2-3-4-5-6-7-8-9-25-29(24)26-12-15-14(28-29)10-16(27-15)21-11-13(19)17(22)20-18(21)23/h10-11H,2-9,12H2,1H3,(H,20,22,23). The molecule has 1 aliphatic heterocycles. The molecule has 1 N–H and O–H groups in total. The van der Waals surface area contributed by atoms with Crippen molar-refractivity contribution in [1.29, 1.82) is 0 Å². The van der Waals surface area contributed by atoms with E-state index in [1.54, 1.807) is 0 Å². The summed E-state index contributed by atoms with van der Waals surface area (Å²) in [6, 6.07) is 1.26. The number of furan rings is 1. The molecule has 0 amide bonds. The van der Waals surface area contributed by atoms with Crippen LogP contribution >= 0.6 is 7.82 Å². The third kappa shape index (κ3) is 5.46. The Morgan fingerprint density at radius 3 is 2.69 bits per heavy atom. The molecule has 1 aliphatic rings. The maximum absolute atomic E-state index is 13.5. The van der Waals surface area contributed by atoms with E-state index in [1.807, 2.05) is 4.98 Å². The van der Waals surface area contributed by atoms with Gasteiger partial charge in [0.15, 0.2) is 11.5 Å². The van der Waals surface area contributed by atoms with Crippen LogP contribution in [-0.2, 0) is 20.2 Å². The van der Waals surface area contributed by atoms with Crippen LogP contribution in [0.2, 0.25) is 0 Å². The van der Waals surface area contributed by atoms with E-state index in [2.05, 4.69) is 6.92 Å². The minimum Gasteiger partial charge on any atom is -0.438 e. The second kappa shape index (κ2) is 9.56. The molecule has 1 atom stereocenters. The summed E-state index contributed by atoms with van der Waals surface area (Å²) < 4.78 is 48.0. The molecule has 2 aromatic heterocycles. The number of fused-ring (bicyclic) bond motifs is 1. The molecule has 160 valence electrons. The second-order valence-electron chi connectivity index (χ2n) is 6.74. The van der Waals surface area contributed by atoms with Crippen LogP contribution in [0.4, 0.5) is 4.39 Å². The first-order valence-electron chi connectivity index (χ1n) is 9.65. The van der Waals surface area contributed by atoms with Gasteiger partial charge in [-0.15, -0.1) is 0 Å². The molecule has 0 aliphatic carbocycles. The molecule has 3 heterocycles. The van der Waals surface area contributed by atoms with Crippen LogP contribution in [0.25, 0.3) is 5.88 Å². The van der Waals surface area contributed by atoms with Crippen molar-refractivity contribution in [1.82, 2.24) is 9.55 Å². The van der Waals surface area contributed by atoms with Gasteiger partial charge in [-0.05, 0) is 6.42 Å². The lowest BCUT2D eigenvalue weighted by Crippen LogP contribution is -2.30. The molecule has 0 aromatic carbocycles. The lowest BCUT2D eigenvalue weighted by molar-refractivity contribution is 0.121. The summed E-state index contributed by atoms with van der Waals surface area (Å²) in [6.07, 6.45) is 8.31. The highest BCUT2D eigenvalue weighted by Crippen LogP contribution is 2.55. The van der Waals surface area contributed by atoms with Gasteiger partial charge in [0, 0.05) is 6.07 Å². The maximum Gasteiger partial charge on any atom is 0.530 e. The molecule has 9 nitrogen and oxygen atoms in total. The van der Waals surface area contributed by atoms with Crippen LogP contribution in [0.15, 0.2) is 26.3 Å². The van der Waals surface area contributed by atoms with Crippen LogP contribution in [0, 0.1) is 5.82 Å². The molecule has 0 fully saturated rings. The Balaban J connectivity index is 1.57. The summed E-state index contributed by atoms with van der Waals surface area (Å²) in [5, 5.41) is 0. The first-order chi connectivity index (χ1) is 13.9. The van der Waals surface area contributed by atoms with Crippen LogP contribution < -0.4 is 15.8 Å². The van der Waals surface area contributed by atoms with Crippen LogP contribution in [-0.4, -0.2) is 16.2 Å². The van der Waals surface area contributed by atoms with E-state index in [0.29, 0.717) is 6.20 Å². The summed E-state index contributed by atoms with van der Waals surface area (Å²) in [6.45, 7) is 2.21. The second-order valence-corrected chi connectivity index (χ2v) is 8.34. The third-order valence-electron chi connectivity index (χ3n) is 4.45. The Bertz CT molecular complexity index is 997. The van der Waals surface area contributed by atoms with E-state index in [1.165, 1.54) is 31.7 Å². The van der Waals surface area contributed by atoms with Gasteiger partial charge in [0.05, 0.1) is 12.8 Å². The van der Waals surface area contributed by atoms with Gasteiger partial charge < -0.3 is 8.94 Å². The summed E-state index contributed by atoms with van der Waals surface area (Å²) in [5.74, 6) is -1.02. The zero-order chi connectivity index (χ0) is 20.9. The molecule has 0 saturated heterocycles. The highest BCUT2D eigenvalue weighted by Gasteiger charge is 2.36. The Labute approximate surface area is 166 Å². The number of aromatic nitrogens is 2. The smallest absolute Gasteiger partial charge is 0.438 e. The molecule has 2 aromatic rings. The van der Waals surface area contributed by atoms with Gasteiger partial charge in [-0.3, -0.25) is 18.8 Å². The van der Waals surface area contributed by atoms with Gasteiger partial charge in [-0.2, -0.15) is 4.39 Å². The fourth-order valence-electron chi connectivity index (χ4n) is 2.89. The average molecular weight is 430 g/mol. The van der Waals surface area contributed by atoms with E-state index in [0.717, 1.165) is 23.8 Å². The molecule has 0 bridgehead atoms. The van der Waals surface area contributed by atoms with E-state index >= 15 is 0 Å². The van der Waals surface area contributed by atoms with Crippen molar-refractivity contribution >= 4 is 7.82 Å². The van der Waals surface area contributed by atoms with E-state index < -0.39 is 24.9 Å². The van der Waals surface area contributed by atoms with E-state index in [-0.39, 0.29) is 30.6 Å². The summed E-state index contributed by atoms with van der Waals surface area (Å²) in [7, 11) is -3.80. The number of phosphoric acid groups is 1. The Morgan fingerprint density at radius 2 is 1.93 bits per heavy atom. The SMILES string of the molecule is CCCCCCCCCOP1(=O)OCc2oc(-n3cc(F)c(=O)[nH]c3=O)cc2O1. The Hall–Kier alpha value is -2.16. The molecule has 11 heteroatoms. The van der Waals surface area contributed by atoms with E-state index in [4.69, 9.17) is 18.0 Å². The fraction of sp³-hybridized carbons (Fsp3) is 0.556. The number of nitrogens with zero attached hydrogens (tertiary/aromatic N) is 1. The number of halogens is 1. The van der Waals surface area contributed by atoms with Crippen molar-refractivity contribution in [2.75, 3.05) is 6.61 Å². The van der Waals surface area contributed by atoms with Crippen LogP contribution in [0.5, 0.6) is 5.75 Å². The summed E-state index contributed by atoms with van der Waals surface area (Å²) >= 11 is 0. The molecular formula is C18H24FN2O7P. The largest absolute Gasteiger partial charge is 0.530 e. The van der Waals surface area contributed by atoms with Crippen LogP contribution in [0.3, 0.4) is 0 Å². The molecule has 29 heavy (non-hydrogen) atoms. The lowest BCUT2D eigenvalue weighted by Gasteiger charge is -2.21. The predicted octanol–water partition coefficient (Wildman–Crippen LogP) is 4.04. The molecule has 0 radical (unpaired) electrons. The first-order valence-corrected chi connectivity index (χ1v) is 11.1. The number of nitrogens with one attached hydrogen (secondary N) is 1. The number of rotatable bonds is 10. The average Bonchev–Trinajstić information content (AvgIpc) is 3.09. The summed E-state index contributed by atoms with van der Waals surface area (Å²) in [4.78, 5) is 24.8. The zero-order valence-electron chi connectivity index (χ0n) is 16.1. The lowest BCUT2D eigenvalue weighted by atomic mass is 10.1. The number of hydrogen-bond acceptors (Lipinski definition) is 7. The predicted molar refractivity (Wildman–Crippen MR) is 102 cm³/mol. The third-order valence-corrected chi connectivity index (χ3v) is 5.82. The highest BCUT2D eigenvalue weighted by molar-refractivity contribution is 7.49. The Kier molecular flexibility index (Phi) is 7.10. The fourth-order valence-corrected chi connectivity index (χ4v) is 4.09. The molecule has 0 saturated carbocycles. The first kappa shape index (κ1) is 21.5. The minimum absolute atomic E-state index is 0.0765. The van der Waals surface area contributed by atoms with Gasteiger partial charge in [-0.25, -0.2) is 13.9 Å². The highest BCUT2D eigenvalue weighted by atomic mass is 31.2. The number of aromatic amines is 1. The number of phosphoric ester groups is 1. The van der Waals surface area contributed by atoms with Gasteiger partial charge in [-0.1, -0.05) is 45.4 Å². The molecule has 1 unspecified atom stereocenters. The zero-order valence-corrected chi connectivity index (χ0v) is 17.0. The number of hydrogen-bond donors (Lipinski definition) is 1. The van der Waals surface area contributed by atoms with Crippen molar-refractivity contribution in [3.63, 3.8) is 0 Å². The minimum atomic E-state index is -3.80. The van der Waals surface area contributed by atoms with Crippen molar-refractivity contribution < 1.29 is 26.9 Å². The molecule has 0 spiro atoms. The normalized spacial score (nSPS) is 18.4. The van der Waals surface area contributed by atoms with Gasteiger partial charge >= 0.3 is 13.5 Å². The molecule has 3 rings (SSSR count). The van der Waals surface area contributed by atoms with Gasteiger partial charge in [0.25, 0.3) is 5.56 Å². The number of unbranched alkanes of at least 4 members (excludes halogenated alkanes) is 6. The monoisotopic (exact) mass is 430 g/mol. The molecular weight excluding hydrogens is 406 g/mol. The quantitative estimate of drug-likeness (QED) is 0.447. The van der Waals surface area contributed by atoms with Crippen molar-refractivity contribution in [2.45, 2.75) is 58.5 Å². The topological polar surface area (TPSA) is 113 Å². The van der Waals surface area contributed by atoms with Crippen molar-refractivity contribution in [3.8, 4) is 11.6 Å². The van der Waals surface area contributed by atoms with Crippen molar-refractivity contribution in [2.24, 2.45) is 0 Å². The van der Waals surface area contributed by atoms with Crippen molar-refractivity contribution in [3.05, 3.63) is 44.7 Å². The number of H-pyrrole nitrogens is 1. The van der Waals surface area contributed by atoms with Gasteiger partial charge in [0.1, 0.15) is 6.61 Å².